The van der Waals surface area contributed by atoms with Crippen molar-refractivity contribution in [3.8, 4) is 5.69 Å². The van der Waals surface area contributed by atoms with Crippen LogP contribution in [-0.2, 0) is 0 Å². The fourth-order valence-corrected chi connectivity index (χ4v) is 8.19. The van der Waals surface area contributed by atoms with Crippen LogP contribution >= 0.6 is 0 Å². The van der Waals surface area contributed by atoms with E-state index in [9.17, 15) is 22.8 Å². The van der Waals surface area contributed by atoms with E-state index in [2.05, 4.69) is 10.3 Å². The number of nitrogens with zero attached hydrogens (tertiary/aromatic N) is 3. The number of anilines is 1. The molecule has 2 bridgehead atoms. The summed E-state index contributed by atoms with van der Waals surface area (Å²) in [6, 6.07) is 5.92. The van der Waals surface area contributed by atoms with Gasteiger partial charge in [0, 0.05) is 30.8 Å². The van der Waals surface area contributed by atoms with Crippen molar-refractivity contribution in [2.75, 3.05) is 18.0 Å². The minimum Gasteiger partial charge on any atom is -0.351 e. The number of pyridine rings is 2. The van der Waals surface area contributed by atoms with Gasteiger partial charge in [0.1, 0.15) is 23.0 Å². The summed E-state index contributed by atoms with van der Waals surface area (Å²) >= 11 is 0. The number of carbonyl (C=O) groups excluding carboxylic acids is 1. The van der Waals surface area contributed by atoms with Crippen molar-refractivity contribution < 1.29 is 22.4 Å². The summed E-state index contributed by atoms with van der Waals surface area (Å²) in [6.45, 7) is 1.87. The summed E-state index contributed by atoms with van der Waals surface area (Å²) in [5.74, 6) is -2.24. The number of halogens is 4. The number of fused-ring (bicyclic) bond motifs is 2. The number of rotatable bonds is 4. The number of benzene rings is 1. The first-order chi connectivity index (χ1) is 19.5. The molecule has 10 heteroatoms. The second-order valence-electron chi connectivity index (χ2n) is 12.9. The van der Waals surface area contributed by atoms with Gasteiger partial charge >= 0.3 is 0 Å². The van der Waals surface area contributed by atoms with E-state index in [1.807, 2.05) is 6.92 Å². The molecule has 41 heavy (non-hydrogen) atoms. The molecule has 1 aliphatic heterocycles. The first-order valence-electron chi connectivity index (χ1n) is 14.5. The molecule has 6 nitrogen and oxygen atoms in total. The van der Waals surface area contributed by atoms with Crippen molar-refractivity contribution in [3.05, 3.63) is 63.9 Å². The topological polar surface area (TPSA) is 67.2 Å². The molecule has 3 aliphatic carbocycles. The Bertz CT molecular complexity index is 1620. The molecule has 3 aromatic rings. The Kier molecular flexibility index (Phi) is 6.00. The molecule has 0 radical (unpaired) electrons. The van der Waals surface area contributed by atoms with E-state index in [0.717, 1.165) is 30.7 Å². The van der Waals surface area contributed by atoms with Gasteiger partial charge in [0.25, 0.3) is 11.8 Å². The lowest BCUT2D eigenvalue weighted by molar-refractivity contribution is -0.0118. The van der Waals surface area contributed by atoms with Crippen LogP contribution in [0.15, 0.2) is 41.3 Å². The van der Waals surface area contributed by atoms with Crippen molar-refractivity contribution in [2.24, 2.45) is 23.7 Å². The standard InChI is InChI=1S/C31H32F4N4O2/c1-30(13-17-9-18-11-19(14-30)22(18)10-17)37-29(41)23-15-39(25-5-3-20(32)12-24(25)33)28-21(27(23)40)4-6-26(36-28)38-8-2-7-31(34,35)16-38/h3-6,12,15,17-19,22H,2,7-11,13-14,16H2,1H3,(H,37,41). The first-order valence-corrected chi connectivity index (χ1v) is 14.5. The number of hydrogen-bond acceptors (Lipinski definition) is 4. The molecule has 7 rings (SSSR count). The van der Waals surface area contributed by atoms with E-state index in [1.54, 1.807) is 0 Å². The quantitative estimate of drug-likeness (QED) is 0.402. The van der Waals surface area contributed by atoms with Crippen molar-refractivity contribution in [2.45, 2.75) is 63.3 Å². The largest absolute Gasteiger partial charge is 0.351 e. The number of amides is 1. The summed E-state index contributed by atoms with van der Waals surface area (Å²) in [4.78, 5) is 33.4. The van der Waals surface area contributed by atoms with Crippen LogP contribution in [0.1, 0.15) is 62.2 Å². The first kappa shape index (κ1) is 26.5. The molecule has 1 N–H and O–H groups in total. The van der Waals surface area contributed by atoms with Gasteiger partial charge in [-0.1, -0.05) is 0 Å². The third-order valence-electron chi connectivity index (χ3n) is 9.89. The van der Waals surface area contributed by atoms with Gasteiger partial charge in [0.05, 0.1) is 17.6 Å². The molecule has 1 aromatic carbocycles. The molecule has 2 aromatic heterocycles. The second kappa shape index (κ2) is 9.29. The Labute approximate surface area is 234 Å². The normalized spacial score (nSPS) is 30.1. The highest BCUT2D eigenvalue weighted by atomic mass is 19.3. The van der Waals surface area contributed by atoms with Crippen LogP contribution in [-0.4, -0.2) is 40.0 Å². The molecule has 4 aliphatic rings. The zero-order chi connectivity index (χ0) is 28.7. The lowest BCUT2D eigenvalue weighted by Gasteiger charge is -2.46. The molecule has 5 unspecified atom stereocenters. The van der Waals surface area contributed by atoms with Gasteiger partial charge in [0.15, 0.2) is 5.65 Å². The van der Waals surface area contributed by atoms with Crippen LogP contribution in [0.5, 0.6) is 0 Å². The Morgan fingerprint density at radius 3 is 2.68 bits per heavy atom. The summed E-state index contributed by atoms with van der Waals surface area (Å²) < 4.78 is 58.5. The van der Waals surface area contributed by atoms with Gasteiger partial charge < -0.3 is 10.2 Å². The van der Waals surface area contributed by atoms with Gasteiger partial charge in [-0.05, 0) is 93.4 Å². The Hall–Kier alpha value is -3.43. The van der Waals surface area contributed by atoms with E-state index < -0.39 is 41.0 Å². The lowest BCUT2D eigenvalue weighted by Crippen LogP contribution is -2.51. The fourth-order valence-electron chi connectivity index (χ4n) is 8.19. The molecule has 216 valence electrons. The molecule has 0 spiro atoms. The maximum Gasteiger partial charge on any atom is 0.265 e. The number of carbonyl (C=O) groups is 1. The number of hydrogen-bond donors (Lipinski definition) is 1. The number of nitrogens with one attached hydrogen (secondary N) is 1. The molecular formula is C31H32F4N4O2. The highest BCUT2D eigenvalue weighted by Gasteiger charge is 2.53. The highest BCUT2D eigenvalue weighted by molar-refractivity contribution is 5.97. The molecule has 1 saturated heterocycles. The van der Waals surface area contributed by atoms with Crippen LogP contribution in [0.25, 0.3) is 16.7 Å². The predicted octanol–water partition coefficient (Wildman–Crippen LogP) is 5.84. The Balaban J connectivity index is 1.31. The summed E-state index contributed by atoms with van der Waals surface area (Å²) in [7, 11) is 0. The van der Waals surface area contributed by atoms with Crippen molar-refractivity contribution in [1.29, 1.82) is 0 Å². The highest BCUT2D eigenvalue weighted by Crippen LogP contribution is 2.60. The SMILES string of the molecule is CC1(NC(=O)c2cn(-c3ccc(F)cc3F)c3nc(N4CCCC(F)(F)C4)ccc3c2=O)CC2CC3CC(C1)C3C2. The third-order valence-corrected chi connectivity index (χ3v) is 9.89. The van der Waals surface area contributed by atoms with Gasteiger partial charge in [-0.25, -0.2) is 22.5 Å². The molecule has 4 fully saturated rings. The zero-order valence-electron chi connectivity index (χ0n) is 22.8. The van der Waals surface area contributed by atoms with Crippen LogP contribution in [0.2, 0.25) is 0 Å². The van der Waals surface area contributed by atoms with Crippen LogP contribution in [0, 0.1) is 35.3 Å². The summed E-state index contributed by atoms with van der Waals surface area (Å²) in [6.07, 6.45) is 6.58. The minimum absolute atomic E-state index is 0.00180. The minimum atomic E-state index is -2.88. The van der Waals surface area contributed by atoms with Crippen LogP contribution < -0.4 is 15.6 Å². The zero-order valence-corrected chi connectivity index (χ0v) is 22.8. The van der Waals surface area contributed by atoms with Crippen LogP contribution in [0.4, 0.5) is 23.4 Å². The van der Waals surface area contributed by atoms with E-state index in [0.29, 0.717) is 24.4 Å². The average Bonchev–Trinajstić information content (AvgIpc) is 3.16. The van der Waals surface area contributed by atoms with Crippen molar-refractivity contribution in [3.63, 3.8) is 0 Å². The number of alkyl halides is 2. The third kappa shape index (κ3) is 4.59. The van der Waals surface area contributed by atoms with Gasteiger partial charge in [-0.15, -0.1) is 0 Å². The summed E-state index contributed by atoms with van der Waals surface area (Å²) in [5.41, 5.74) is -1.34. The van der Waals surface area contributed by atoms with Gasteiger partial charge in [-0.3, -0.25) is 14.2 Å². The predicted molar refractivity (Wildman–Crippen MR) is 147 cm³/mol. The van der Waals surface area contributed by atoms with Gasteiger partial charge in [-0.2, -0.15) is 0 Å². The van der Waals surface area contributed by atoms with Crippen molar-refractivity contribution in [1.82, 2.24) is 14.9 Å². The monoisotopic (exact) mass is 568 g/mol. The molecule has 3 heterocycles. The maximum absolute atomic E-state index is 15.1. The summed E-state index contributed by atoms with van der Waals surface area (Å²) in [5, 5.41) is 3.20. The van der Waals surface area contributed by atoms with Crippen LogP contribution in [0.3, 0.4) is 0 Å². The van der Waals surface area contributed by atoms with E-state index in [1.165, 1.54) is 53.1 Å². The molecular weight excluding hydrogens is 536 g/mol. The Morgan fingerprint density at radius 1 is 1.07 bits per heavy atom. The second-order valence-corrected chi connectivity index (χ2v) is 12.9. The van der Waals surface area contributed by atoms with E-state index >= 15 is 4.39 Å². The Morgan fingerprint density at radius 2 is 1.90 bits per heavy atom. The fraction of sp³-hybridized carbons (Fsp3) is 0.516. The molecule has 3 saturated carbocycles. The molecule has 1 amide bonds. The number of aromatic nitrogens is 2. The van der Waals surface area contributed by atoms with Gasteiger partial charge in [0.2, 0.25) is 5.43 Å². The smallest absolute Gasteiger partial charge is 0.265 e. The van der Waals surface area contributed by atoms with Crippen molar-refractivity contribution >= 4 is 22.8 Å². The maximum atomic E-state index is 15.1. The van der Waals surface area contributed by atoms with E-state index in [-0.39, 0.29) is 40.9 Å². The number of piperidine rings is 1. The molecule has 5 atom stereocenters. The lowest BCUT2D eigenvalue weighted by atomic mass is 9.62. The van der Waals surface area contributed by atoms with E-state index in [4.69, 9.17) is 0 Å². The average molecular weight is 569 g/mol.